The molecule has 0 saturated carbocycles. The van der Waals surface area contributed by atoms with Gasteiger partial charge in [0.1, 0.15) is 17.2 Å². The lowest BCUT2D eigenvalue weighted by molar-refractivity contribution is -0.139. The van der Waals surface area contributed by atoms with Crippen molar-refractivity contribution in [3.05, 3.63) is 29.5 Å². The van der Waals surface area contributed by atoms with Crippen molar-refractivity contribution in [2.24, 2.45) is 0 Å². The summed E-state index contributed by atoms with van der Waals surface area (Å²) in [5, 5.41) is 2.31. The smallest absolute Gasteiger partial charge is 0.354 e. The van der Waals surface area contributed by atoms with E-state index in [1.165, 1.54) is 13.2 Å². The predicted molar refractivity (Wildman–Crippen MR) is 73.4 cm³/mol. The van der Waals surface area contributed by atoms with Crippen molar-refractivity contribution in [3.8, 4) is 11.5 Å². The van der Waals surface area contributed by atoms with Crippen molar-refractivity contribution in [1.29, 1.82) is 0 Å². The lowest BCUT2D eigenvalue weighted by Crippen LogP contribution is -2.20. The second-order valence-corrected chi connectivity index (χ2v) is 3.65. The van der Waals surface area contributed by atoms with Crippen molar-refractivity contribution in [2.75, 3.05) is 20.8 Å². The average molecular weight is 279 g/mol. The van der Waals surface area contributed by atoms with Gasteiger partial charge in [0.05, 0.1) is 20.8 Å². The van der Waals surface area contributed by atoms with Gasteiger partial charge in [0.25, 0.3) is 0 Å². The maximum Gasteiger partial charge on any atom is 0.354 e. The van der Waals surface area contributed by atoms with Gasteiger partial charge < -0.3 is 19.5 Å². The Morgan fingerprint density at radius 2 is 2.05 bits per heavy atom. The second kappa shape index (κ2) is 7.83. The van der Waals surface area contributed by atoms with Crippen LogP contribution in [0.3, 0.4) is 0 Å². The van der Waals surface area contributed by atoms with E-state index in [-0.39, 0.29) is 12.3 Å². The predicted octanol–water partition coefficient (Wildman–Crippen LogP) is 1.35. The number of esters is 1. The molecule has 6 heteroatoms. The first kappa shape index (κ1) is 15.6. The Kier molecular flexibility index (Phi) is 6.09. The quantitative estimate of drug-likeness (QED) is 0.463. The van der Waals surface area contributed by atoms with Crippen molar-refractivity contribution in [1.82, 2.24) is 5.32 Å². The van der Waals surface area contributed by atoms with E-state index in [0.29, 0.717) is 23.5 Å². The summed E-state index contributed by atoms with van der Waals surface area (Å²) in [6.07, 6.45) is 1.89. The molecule has 0 fully saturated rings. The summed E-state index contributed by atoms with van der Waals surface area (Å²) in [5.74, 6) is 0.524. The molecule has 6 nitrogen and oxygen atoms in total. The van der Waals surface area contributed by atoms with E-state index in [4.69, 9.17) is 14.2 Å². The van der Waals surface area contributed by atoms with Gasteiger partial charge in [-0.15, -0.1) is 0 Å². The third-order valence-electron chi connectivity index (χ3n) is 2.45. The molecule has 0 spiro atoms. The Labute approximate surface area is 117 Å². The van der Waals surface area contributed by atoms with Crippen molar-refractivity contribution < 1.29 is 23.8 Å². The van der Waals surface area contributed by atoms with Crippen molar-refractivity contribution in [2.45, 2.75) is 6.92 Å². The number of benzene rings is 1. The van der Waals surface area contributed by atoms with Crippen LogP contribution < -0.4 is 14.8 Å². The van der Waals surface area contributed by atoms with Gasteiger partial charge in [-0.25, -0.2) is 4.79 Å². The summed E-state index contributed by atoms with van der Waals surface area (Å²) in [5.41, 5.74) is 0.649. The summed E-state index contributed by atoms with van der Waals surface area (Å²) < 4.78 is 15.2. The number of methoxy groups -OCH3 is 2. The third kappa shape index (κ3) is 4.01. The molecule has 0 aliphatic heterocycles. The molecule has 0 radical (unpaired) electrons. The molecule has 1 rings (SSSR count). The number of ether oxygens (including phenoxy) is 3. The Hall–Kier alpha value is -2.50. The van der Waals surface area contributed by atoms with Crippen LogP contribution in [0.25, 0.3) is 6.08 Å². The van der Waals surface area contributed by atoms with Crippen LogP contribution >= 0.6 is 0 Å². The molecule has 0 aliphatic carbocycles. The van der Waals surface area contributed by atoms with Crippen molar-refractivity contribution in [3.63, 3.8) is 0 Å². The highest BCUT2D eigenvalue weighted by atomic mass is 16.5. The molecule has 20 heavy (non-hydrogen) atoms. The number of amides is 1. The number of carbonyl (C=O) groups is 2. The molecule has 1 amide bonds. The lowest BCUT2D eigenvalue weighted by atomic mass is 10.1. The number of hydrogen-bond acceptors (Lipinski definition) is 5. The minimum Gasteiger partial charge on any atom is -0.497 e. The Bertz CT molecular complexity index is 510. The first-order valence-electron chi connectivity index (χ1n) is 5.97. The number of hydrogen-bond donors (Lipinski definition) is 1. The van der Waals surface area contributed by atoms with E-state index in [0.717, 1.165) is 0 Å². The largest absolute Gasteiger partial charge is 0.497 e. The third-order valence-corrected chi connectivity index (χ3v) is 2.45. The summed E-state index contributed by atoms with van der Waals surface area (Å²) in [4.78, 5) is 22.2. The second-order valence-electron chi connectivity index (χ2n) is 3.65. The van der Waals surface area contributed by atoms with Crippen LogP contribution in [-0.4, -0.2) is 33.2 Å². The molecule has 1 aromatic rings. The molecule has 0 saturated heterocycles. The fourth-order valence-electron chi connectivity index (χ4n) is 1.53. The molecule has 0 unspecified atom stereocenters. The maximum absolute atomic E-state index is 11.7. The fourth-order valence-corrected chi connectivity index (χ4v) is 1.53. The van der Waals surface area contributed by atoms with Gasteiger partial charge >= 0.3 is 5.97 Å². The van der Waals surface area contributed by atoms with Gasteiger partial charge in [-0.1, -0.05) is 0 Å². The van der Waals surface area contributed by atoms with Crippen LogP contribution in [0.4, 0.5) is 0 Å². The van der Waals surface area contributed by atoms with E-state index in [2.05, 4.69) is 5.32 Å². The zero-order chi connectivity index (χ0) is 15.0. The topological polar surface area (TPSA) is 73.9 Å². The first-order valence-corrected chi connectivity index (χ1v) is 5.97. The highest BCUT2D eigenvalue weighted by Gasteiger charge is 2.12. The Morgan fingerprint density at radius 3 is 2.60 bits per heavy atom. The SMILES string of the molecule is CCOC(=O)/C(=C/c1ccc(OC)cc1OC)NC=O. The van der Waals surface area contributed by atoms with Crippen LogP contribution in [0.2, 0.25) is 0 Å². The average Bonchev–Trinajstić information content (AvgIpc) is 2.47. The summed E-state index contributed by atoms with van der Waals surface area (Å²) in [6, 6.07) is 5.11. The van der Waals surface area contributed by atoms with E-state index in [9.17, 15) is 9.59 Å². The fraction of sp³-hybridized carbons (Fsp3) is 0.286. The van der Waals surface area contributed by atoms with Crippen LogP contribution in [-0.2, 0) is 14.3 Å². The molecule has 1 N–H and O–H groups in total. The van der Waals surface area contributed by atoms with Crippen LogP contribution in [0.1, 0.15) is 12.5 Å². The van der Waals surface area contributed by atoms with Gasteiger partial charge in [0.2, 0.25) is 6.41 Å². The number of carbonyl (C=O) groups excluding carboxylic acids is 2. The standard InChI is InChI=1S/C14H17NO5/c1-4-20-14(17)12(15-9-16)7-10-5-6-11(18-2)8-13(10)19-3/h5-9H,4H2,1-3H3,(H,15,16)/b12-7-. The first-order chi connectivity index (χ1) is 9.65. The van der Waals surface area contributed by atoms with Crippen molar-refractivity contribution >= 4 is 18.5 Å². The normalized spacial score (nSPS) is 10.7. The van der Waals surface area contributed by atoms with Gasteiger partial charge in [-0.05, 0) is 25.1 Å². The van der Waals surface area contributed by atoms with Crippen LogP contribution in [0.15, 0.2) is 23.9 Å². The maximum atomic E-state index is 11.7. The summed E-state index contributed by atoms with van der Waals surface area (Å²) in [7, 11) is 3.05. The van der Waals surface area contributed by atoms with E-state index in [1.807, 2.05) is 0 Å². The molecule has 108 valence electrons. The molecule has 0 atom stereocenters. The lowest BCUT2D eigenvalue weighted by Gasteiger charge is -2.09. The number of nitrogens with one attached hydrogen (secondary N) is 1. The molecular weight excluding hydrogens is 262 g/mol. The summed E-state index contributed by atoms with van der Waals surface area (Å²) in [6.45, 7) is 1.90. The molecule has 0 heterocycles. The summed E-state index contributed by atoms with van der Waals surface area (Å²) >= 11 is 0. The van der Waals surface area contributed by atoms with E-state index < -0.39 is 5.97 Å². The monoisotopic (exact) mass is 279 g/mol. The van der Waals surface area contributed by atoms with Crippen LogP contribution in [0, 0.1) is 0 Å². The molecule has 0 aliphatic rings. The Morgan fingerprint density at radius 1 is 1.30 bits per heavy atom. The minimum absolute atomic E-state index is 0.0327. The molecule has 1 aromatic carbocycles. The highest BCUT2D eigenvalue weighted by molar-refractivity contribution is 5.95. The molecule has 0 bridgehead atoms. The Balaban J connectivity index is 3.15. The van der Waals surface area contributed by atoms with E-state index in [1.54, 1.807) is 32.2 Å². The zero-order valence-corrected chi connectivity index (χ0v) is 11.6. The van der Waals surface area contributed by atoms with E-state index >= 15 is 0 Å². The van der Waals surface area contributed by atoms with Gasteiger partial charge in [0, 0.05) is 11.6 Å². The number of rotatable bonds is 7. The van der Waals surface area contributed by atoms with Gasteiger partial charge in [-0.3, -0.25) is 4.79 Å². The zero-order valence-electron chi connectivity index (χ0n) is 11.6. The van der Waals surface area contributed by atoms with Crippen LogP contribution in [0.5, 0.6) is 11.5 Å². The van der Waals surface area contributed by atoms with Gasteiger partial charge in [-0.2, -0.15) is 0 Å². The molecular formula is C14H17NO5. The minimum atomic E-state index is -0.613. The highest BCUT2D eigenvalue weighted by Crippen LogP contribution is 2.26. The van der Waals surface area contributed by atoms with Gasteiger partial charge in [0.15, 0.2) is 0 Å². The molecule has 0 aromatic heterocycles.